The number of hydrogen-bond donors (Lipinski definition) is 2. The van der Waals surface area contributed by atoms with Crippen molar-refractivity contribution in [3.05, 3.63) is 35.4 Å². The molecular formula is C20H29N5O2. The van der Waals surface area contributed by atoms with Crippen molar-refractivity contribution < 1.29 is 9.53 Å². The van der Waals surface area contributed by atoms with E-state index < -0.39 is 5.60 Å². The summed E-state index contributed by atoms with van der Waals surface area (Å²) in [6.45, 7) is 7.53. The Kier molecular flexibility index (Phi) is 7.05. The van der Waals surface area contributed by atoms with Crippen LogP contribution in [0.5, 0.6) is 0 Å². The third kappa shape index (κ3) is 6.81. The van der Waals surface area contributed by atoms with Gasteiger partial charge in [-0.25, -0.2) is 4.79 Å². The van der Waals surface area contributed by atoms with Crippen LogP contribution in [0.15, 0.2) is 29.3 Å². The predicted molar refractivity (Wildman–Crippen MR) is 105 cm³/mol. The Hall–Kier alpha value is -2.75. The van der Waals surface area contributed by atoms with Gasteiger partial charge in [0.25, 0.3) is 0 Å². The maximum atomic E-state index is 12.3. The Bertz CT molecular complexity index is 701. The van der Waals surface area contributed by atoms with E-state index in [0.717, 1.165) is 18.4 Å². The molecule has 7 nitrogen and oxygen atoms in total. The van der Waals surface area contributed by atoms with Crippen molar-refractivity contribution >= 4 is 12.1 Å². The fraction of sp³-hybridized carbons (Fsp3) is 0.550. The fourth-order valence-corrected chi connectivity index (χ4v) is 2.86. The van der Waals surface area contributed by atoms with Crippen molar-refractivity contribution in [3.8, 4) is 6.07 Å². The number of nitrogens with one attached hydrogen (secondary N) is 2. The second-order valence-electron chi connectivity index (χ2n) is 7.64. The molecule has 0 aliphatic carbocycles. The Labute approximate surface area is 161 Å². The topological polar surface area (TPSA) is 89.8 Å². The molecule has 2 rings (SSSR count). The normalized spacial score (nSPS) is 17.8. The van der Waals surface area contributed by atoms with Crippen LogP contribution in [0.4, 0.5) is 4.79 Å². The molecule has 1 atom stereocenters. The van der Waals surface area contributed by atoms with E-state index in [4.69, 9.17) is 10.00 Å². The summed E-state index contributed by atoms with van der Waals surface area (Å²) in [5.74, 6) is 0.690. The largest absolute Gasteiger partial charge is 0.444 e. The van der Waals surface area contributed by atoms with Crippen molar-refractivity contribution in [2.75, 3.05) is 20.1 Å². The number of likely N-dealkylation sites (tertiary alicyclic amines) is 1. The molecule has 0 saturated carbocycles. The molecule has 7 heteroatoms. The molecule has 146 valence electrons. The number of piperidine rings is 1. The van der Waals surface area contributed by atoms with E-state index in [1.807, 2.05) is 32.9 Å². The molecule has 0 radical (unpaired) electrons. The molecule has 27 heavy (non-hydrogen) atoms. The van der Waals surface area contributed by atoms with Gasteiger partial charge in [0, 0.05) is 32.7 Å². The number of guanidine groups is 1. The van der Waals surface area contributed by atoms with Crippen LogP contribution in [0, 0.1) is 11.3 Å². The van der Waals surface area contributed by atoms with Gasteiger partial charge in [-0.05, 0) is 51.3 Å². The van der Waals surface area contributed by atoms with Crippen molar-refractivity contribution in [3.63, 3.8) is 0 Å². The van der Waals surface area contributed by atoms with Gasteiger partial charge in [-0.15, -0.1) is 0 Å². The fourth-order valence-electron chi connectivity index (χ4n) is 2.86. The standard InChI is InChI=1S/C20H29N5O2/c1-20(2,3)27-19(26)25-11-5-6-17(14-25)24-18(22-4)23-13-16-9-7-15(12-21)8-10-16/h7-10,17H,5-6,11,13-14H2,1-4H3,(H2,22,23,24). The monoisotopic (exact) mass is 371 g/mol. The van der Waals surface area contributed by atoms with Gasteiger partial charge < -0.3 is 20.3 Å². The molecule has 1 amide bonds. The molecule has 1 heterocycles. The Balaban J connectivity index is 1.86. The van der Waals surface area contributed by atoms with Crippen LogP contribution >= 0.6 is 0 Å². The van der Waals surface area contributed by atoms with Gasteiger partial charge in [0.05, 0.1) is 11.6 Å². The van der Waals surface area contributed by atoms with E-state index in [-0.39, 0.29) is 12.1 Å². The van der Waals surface area contributed by atoms with Gasteiger partial charge in [0.15, 0.2) is 5.96 Å². The molecule has 2 N–H and O–H groups in total. The first kappa shape index (κ1) is 20.6. The van der Waals surface area contributed by atoms with E-state index in [1.54, 1.807) is 24.1 Å². The van der Waals surface area contributed by atoms with Crippen LogP contribution in [0.1, 0.15) is 44.7 Å². The van der Waals surface area contributed by atoms with Crippen LogP contribution < -0.4 is 10.6 Å². The van der Waals surface area contributed by atoms with Crippen LogP contribution in [-0.2, 0) is 11.3 Å². The summed E-state index contributed by atoms with van der Waals surface area (Å²) < 4.78 is 5.47. The molecule has 1 unspecified atom stereocenters. The summed E-state index contributed by atoms with van der Waals surface area (Å²) in [7, 11) is 1.72. The average molecular weight is 371 g/mol. The number of aliphatic imine (C=N–C) groups is 1. The molecule has 0 bridgehead atoms. The first-order valence-corrected chi connectivity index (χ1v) is 9.25. The number of ether oxygens (including phenoxy) is 1. The van der Waals surface area contributed by atoms with Gasteiger partial charge in [-0.3, -0.25) is 4.99 Å². The lowest BCUT2D eigenvalue weighted by atomic mass is 10.1. The number of carbonyl (C=O) groups excluding carboxylic acids is 1. The summed E-state index contributed by atoms with van der Waals surface area (Å²) in [5, 5.41) is 15.5. The molecule has 1 aliphatic rings. The molecule has 0 aromatic heterocycles. The zero-order chi connectivity index (χ0) is 19.9. The predicted octanol–water partition coefficient (Wildman–Crippen LogP) is 2.62. The summed E-state index contributed by atoms with van der Waals surface area (Å²) in [6, 6.07) is 9.67. The number of nitrogens with zero attached hydrogens (tertiary/aromatic N) is 3. The Morgan fingerprint density at radius 3 is 2.67 bits per heavy atom. The number of carbonyl (C=O) groups is 1. The lowest BCUT2D eigenvalue weighted by Gasteiger charge is -2.35. The van der Waals surface area contributed by atoms with E-state index >= 15 is 0 Å². The van der Waals surface area contributed by atoms with Gasteiger partial charge in [0.1, 0.15) is 5.60 Å². The highest BCUT2D eigenvalue weighted by Crippen LogP contribution is 2.15. The second kappa shape index (κ2) is 9.26. The van der Waals surface area contributed by atoms with Gasteiger partial charge >= 0.3 is 6.09 Å². The lowest BCUT2D eigenvalue weighted by Crippen LogP contribution is -2.53. The first-order chi connectivity index (χ1) is 12.8. The molecule has 1 fully saturated rings. The highest BCUT2D eigenvalue weighted by atomic mass is 16.6. The van der Waals surface area contributed by atoms with Crippen LogP contribution in [0.2, 0.25) is 0 Å². The molecule has 1 saturated heterocycles. The molecule has 1 aromatic rings. The van der Waals surface area contributed by atoms with Crippen LogP contribution in [-0.4, -0.2) is 48.7 Å². The van der Waals surface area contributed by atoms with Gasteiger partial charge in [0.2, 0.25) is 0 Å². The van der Waals surface area contributed by atoms with Gasteiger partial charge in [-0.2, -0.15) is 5.26 Å². The minimum atomic E-state index is -0.490. The highest BCUT2D eigenvalue weighted by Gasteiger charge is 2.27. The maximum Gasteiger partial charge on any atom is 0.410 e. The average Bonchev–Trinajstić information content (AvgIpc) is 2.64. The number of hydrogen-bond acceptors (Lipinski definition) is 4. The van der Waals surface area contributed by atoms with E-state index in [0.29, 0.717) is 31.2 Å². The highest BCUT2D eigenvalue weighted by molar-refractivity contribution is 5.80. The lowest BCUT2D eigenvalue weighted by molar-refractivity contribution is 0.0193. The minimum Gasteiger partial charge on any atom is -0.444 e. The first-order valence-electron chi connectivity index (χ1n) is 9.25. The maximum absolute atomic E-state index is 12.3. The molecular weight excluding hydrogens is 342 g/mol. The number of amides is 1. The SMILES string of the molecule is CN=C(NCc1ccc(C#N)cc1)NC1CCCN(C(=O)OC(C)(C)C)C1. The summed E-state index contributed by atoms with van der Waals surface area (Å²) in [5.41, 5.74) is 1.22. The van der Waals surface area contributed by atoms with Crippen molar-refractivity contribution in [1.29, 1.82) is 5.26 Å². The van der Waals surface area contributed by atoms with Crippen molar-refractivity contribution in [1.82, 2.24) is 15.5 Å². The van der Waals surface area contributed by atoms with E-state index in [1.165, 1.54) is 0 Å². The Morgan fingerprint density at radius 2 is 2.07 bits per heavy atom. The van der Waals surface area contributed by atoms with Crippen LogP contribution in [0.25, 0.3) is 0 Å². The van der Waals surface area contributed by atoms with Crippen molar-refractivity contribution in [2.45, 2.75) is 51.8 Å². The Morgan fingerprint density at radius 1 is 1.37 bits per heavy atom. The minimum absolute atomic E-state index is 0.124. The third-order valence-corrected chi connectivity index (χ3v) is 4.18. The summed E-state index contributed by atoms with van der Waals surface area (Å²) in [4.78, 5) is 18.3. The molecule has 0 spiro atoms. The van der Waals surface area contributed by atoms with E-state index in [9.17, 15) is 4.79 Å². The molecule has 1 aromatic carbocycles. The second-order valence-corrected chi connectivity index (χ2v) is 7.64. The smallest absolute Gasteiger partial charge is 0.410 e. The quantitative estimate of drug-likeness (QED) is 0.630. The zero-order valence-corrected chi connectivity index (χ0v) is 16.6. The third-order valence-electron chi connectivity index (χ3n) is 4.18. The van der Waals surface area contributed by atoms with Crippen molar-refractivity contribution in [2.24, 2.45) is 4.99 Å². The van der Waals surface area contributed by atoms with Gasteiger partial charge in [-0.1, -0.05) is 12.1 Å². The number of benzene rings is 1. The van der Waals surface area contributed by atoms with Crippen LogP contribution in [0.3, 0.4) is 0 Å². The zero-order valence-electron chi connectivity index (χ0n) is 16.6. The number of nitriles is 1. The molecule has 1 aliphatic heterocycles. The van der Waals surface area contributed by atoms with E-state index in [2.05, 4.69) is 21.7 Å². The number of rotatable bonds is 3. The summed E-state index contributed by atoms with van der Waals surface area (Å²) in [6.07, 6.45) is 1.62. The summed E-state index contributed by atoms with van der Waals surface area (Å²) >= 11 is 0.